The molecule has 9 heteroatoms. The normalized spacial score (nSPS) is 21.7. The number of aromatic nitrogens is 2. The van der Waals surface area contributed by atoms with Gasteiger partial charge in [-0.15, -0.1) is 0 Å². The Balaban J connectivity index is 1.47. The third-order valence-electron chi connectivity index (χ3n) is 6.62. The zero-order chi connectivity index (χ0) is 25.0. The number of hydrogen-bond donors (Lipinski definition) is 3. The molecule has 188 valence electrons. The number of nitrogens with two attached hydrogens (primary N) is 1. The van der Waals surface area contributed by atoms with E-state index in [1.54, 1.807) is 10.9 Å². The Bertz CT molecular complexity index is 1250. The largest absolute Gasteiger partial charge is 0.396 e. The lowest BCUT2D eigenvalue weighted by Crippen LogP contribution is -2.54. The summed E-state index contributed by atoms with van der Waals surface area (Å²) in [6, 6.07) is 12.2. The van der Waals surface area contributed by atoms with E-state index in [0.717, 1.165) is 29.7 Å². The molecule has 2 aromatic carbocycles. The predicted octanol–water partition coefficient (Wildman–Crippen LogP) is 3.04. The second-order valence-electron chi connectivity index (χ2n) is 9.39. The molecule has 7 nitrogen and oxygen atoms in total. The summed E-state index contributed by atoms with van der Waals surface area (Å²) < 4.78 is 41.6. The number of aliphatic hydroxyl groups is 1. The maximum atomic E-state index is 14.5. The average Bonchev–Trinajstić information content (AvgIpc) is 3.37. The molecule has 0 saturated carbocycles. The number of hydrogen-bond acceptors (Lipinski definition) is 6. The Hall–Kier alpha value is -2.75. The summed E-state index contributed by atoms with van der Waals surface area (Å²) in [6.45, 7) is 2.46. The first-order chi connectivity index (χ1) is 16.8. The van der Waals surface area contributed by atoms with E-state index >= 15 is 0 Å². The highest BCUT2D eigenvalue weighted by molar-refractivity contribution is 7.91. The topological polar surface area (TPSA) is 110 Å². The van der Waals surface area contributed by atoms with Crippen molar-refractivity contribution in [2.75, 3.05) is 17.2 Å². The van der Waals surface area contributed by atoms with Gasteiger partial charge in [0, 0.05) is 30.9 Å². The van der Waals surface area contributed by atoms with Crippen LogP contribution in [0.4, 0.5) is 10.1 Å². The van der Waals surface area contributed by atoms with Crippen LogP contribution in [0.25, 0.3) is 5.69 Å². The number of nitrogens with zero attached hydrogens (tertiary/aromatic N) is 2. The molecule has 4 N–H and O–H groups in total. The summed E-state index contributed by atoms with van der Waals surface area (Å²) in [7, 11) is -3.38. The number of nitrogen functional groups attached to an aromatic ring is 1. The zero-order valence-electron chi connectivity index (χ0n) is 19.9. The first-order valence-electron chi connectivity index (χ1n) is 12.0. The summed E-state index contributed by atoms with van der Waals surface area (Å²) in [5.41, 5.74) is 9.31. The number of rotatable bonds is 9. The SMILES string of the molecule is CCCCc1cc(C[C@@H]2CS(=O)(=O)C[C@H](NCc3cccc(-n4cccn4)c3)[C@H]2O)cc(F)c1N. The molecular weight excluding hydrogens is 467 g/mol. The Labute approximate surface area is 206 Å². The highest BCUT2D eigenvalue weighted by Gasteiger charge is 2.39. The minimum atomic E-state index is -3.38. The molecule has 0 aliphatic carbocycles. The Morgan fingerprint density at radius 2 is 2.03 bits per heavy atom. The van der Waals surface area contributed by atoms with Gasteiger partial charge in [-0.25, -0.2) is 17.5 Å². The van der Waals surface area contributed by atoms with Crippen LogP contribution in [0, 0.1) is 11.7 Å². The fourth-order valence-electron chi connectivity index (χ4n) is 4.76. The first-order valence-corrected chi connectivity index (χ1v) is 13.9. The maximum absolute atomic E-state index is 14.5. The molecule has 0 radical (unpaired) electrons. The second kappa shape index (κ2) is 10.9. The number of unbranched alkanes of at least 4 members (excludes halogenated alkanes) is 1. The van der Waals surface area contributed by atoms with Crippen molar-refractivity contribution in [3.8, 4) is 5.69 Å². The van der Waals surface area contributed by atoms with Crippen molar-refractivity contribution < 1.29 is 17.9 Å². The third kappa shape index (κ3) is 6.28. The van der Waals surface area contributed by atoms with E-state index in [1.807, 2.05) is 42.6 Å². The van der Waals surface area contributed by atoms with Crippen molar-refractivity contribution in [1.82, 2.24) is 15.1 Å². The van der Waals surface area contributed by atoms with E-state index in [2.05, 4.69) is 17.3 Å². The van der Waals surface area contributed by atoms with E-state index in [1.165, 1.54) is 6.07 Å². The fourth-order valence-corrected chi connectivity index (χ4v) is 6.73. The predicted molar refractivity (Wildman–Crippen MR) is 135 cm³/mol. The van der Waals surface area contributed by atoms with Crippen molar-refractivity contribution in [2.45, 2.75) is 51.3 Å². The van der Waals surface area contributed by atoms with Crippen molar-refractivity contribution in [1.29, 1.82) is 0 Å². The molecular formula is C26H33FN4O3S. The minimum absolute atomic E-state index is 0.128. The number of anilines is 1. The van der Waals surface area contributed by atoms with Crippen LogP contribution in [0.3, 0.4) is 0 Å². The zero-order valence-corrected chi connectivity index (χ0v) is 20.7. The number of benzene rings is 2. The monoisotopic (exact) mass is 500 g/mol. The standard InChI is InChI=1S/C26H33FN4O3S/c1-2-3-7-20-11-19(14-23(27)25(20)28)12-21-16-35(33,34)17-24(26(21)32)29-15-18-6-4-8-22(13-18)31-10-5-9-30-31/h4-6,8-11,13-14,21,24,26,29,32H,2-3,7,12,15-17,28H2,1H3/t21-,24+,26+/m1/s1. The van der Waals surface area contributed by atoms with Gasteiger partial charge in [0.1, 0.15) is 5.82 Å². The second-order valence-corrected chi connectivity index (χ2v) is 11.5. The molecule has 0 amide bonds. The molecule has 3 aromatic rings. The van der Waals surface area contributed by atoms with Gasteiger partial charge in [-0.2, -0.15) is 5.10 Å². The van der Waals surface area contributed by atoms with E-state index < -0.39 is 33.7 Å². The lowest BCUT2D eigenvalue weighted by atomic mass is 9.90. The van der Waals surface area contributed by atoms with Gasteiger partial charge in [-0.05, 0) is 60.2 Å². The lowest BCUT2D eigenvalue weighted by molar-refractivity contribution is 0.0781. The molecule has 1 aliphatic rings. The van der Waals surface area contributed by atoms with Crippen LogP contribution < -0.4 is 11.1 Å². The molecule has 1 aliphatic heterocycles. The van der Waals surface area contributed by atoms with E-state index in [0.29, 0.717) is 18.5 Å². The summed E-state index contributed by atoms with van der Waals surface area (Å²) in [5.74, 6) is -1.30. The van der Waals surface area contributed by atoms with Crippen LogP contribution in [0.15, 0.2) is 54.9 Å². The highest BCUT2D eigenvalue weighted by atomic mass is 32.2. The van der Waals surface area contributed by atoms with Crippen molar-refractivity contribution in [3.05, 3.63) is 77.4 Å². The molecule has 1 aromatic heterocycles. The van der Waals surface area contributed by atoms with E-state index in [9.17, 15) is 17.9 Å². The van der Waals surface area contributed by atoms with Gasteiger partial charge in [0.15, 0.2) is 9.84 Å². The van der Waals surface area contributed by atoms with Crippen molar-refractivity contribution in [2.24, 2.45) is 5.92 Å². The van der Waals surface area contributed by atoms with Gasteiger partial charge in [0.2, 0.25) is 0 Å². The van der Waals surface area contributed by atoms with Crippen LogP contribution >= 0.6 is 0 Å². The summed E-state index contributed by atoms with van der Waals surface area (Å²) in [4.78, 5) is 0. The van der Waals surface area contributed by atoms with Gasteiger partial charge in [0.25, 0.3) is 0 Å². The average molecular weight is 501 g/mol. The van der Waals surface area contributed by atoms with Crippen LogP contribution in [-0.2, 0) is 29.2 Å². The van der Waals surface area contributed by atoms with Crippen LogP contribution in [-0.4, -0.2) is 47.0 Å². The molecule has 4 rings (SSSR count). The molecule has 0 bridgehead atoms. The number of aryl methyl sites for hydroxylation is 1. The van der Waals surface area contributed by atoms with Crippen LogP contribution in [0.2, 0.25) is 0 Å². The van der Waals surface area contributed by atoms with Gasteiger partial charge in [-0.1, -0.05) is 31.5 Å². The Kier molecular flexibility index (Phi) is 7.88. The molecule has 1 saturated heterocycles. The molecule has 3 atom stereocenters. The lowest BCUT2D eigenvalue weighted by Gasteiger charge is -2.35. The molecule has 2 heterocycles. The number of halogens is 1. The molecule has 1 fully saturated rings. The van der Waals surface area contributed by atoms with Crippen LogP contribution in [0.5, 0.6) is 0 Å². The number of nitrogens with one attached hydrogen (secondary N) is 1. The van der Waals surface area contributed by atoms with Gasteiger partial charge >= 0.3 is 0 Å². The summed E-state index contributed by atoms with van der Waals surface area (Å²) >= 11 is 0. The Morgan fingerprint density at radius 1 is 1.20 bits per heavy atom. The van der Waals surface area contributed by atoms with Crippen molar-refractivity contribution in [3.63, 3.8) is 0 Å². The maximum Gasteiger partial charge on any atom is 0.152 e. The molecule has 0 spiro atoms. The Morgan fingerprint density at radius 3 is 2.77 bits per heavy atom. The third-order valence-corrected chi connectivity index (χ3v) is 8.42. The van der Waals surface area contributed by atoms with Crippen LogP contribution in [0.1, 0.15) is 36.5 Å². The number of aliphatic hydroxyl groups excluding tert-OH is 1. The van der Waals surface area contributed by atoms with E-state index in [-0.39, 0.29) is 23.6 Å². The van der Waals surface area contributed by atoms with Gasteiger partial charge in [0.05, 0.1) is 29.0 Å². The summed E-state index contributed by atoms with van der Waals surface area (Å²) in [5, 5.41) is 18.6. The van der Waals surface area contributed by atoms with Crippen molar-refractivity contribution >= 4 is 15.5 Å². The molecule has 0 unspecified atom stereocenters. The summed E-state index contributed by atoms with van der Waals surface area (Å²) in [6.07, 6.45) is 5.46. The van der Waals surface area contributed by atoms with Gasteiger partial charge in [-0.3, -0.25) is 0 Å². The quantitative estimate of drug-likeness (QED) is 0.390. The minimum Gasteiger partial charge on any atom is -0.396 e. The molecule has 35 heavy (non-hydrogen) atoms. The van der Waals surface area contributed by atoms with E-state index in [4.69, 9.17) is 5.73 Å². The fraction of sp³-hybridized carbons (Fsp3) is 0.423. The smallest absolute Gasteiger partial charge is 0.152 e. The number of sulfone groups is 1. The highest BCUT2D eigenvalue weighted by Crippen LogP contribution is 2.27. The first kappa shape index (κ1) is 25.3. The van der Waals surface area contributed by atoms with Gasteiger partial charge < -0.3 is 16.2 Å².